The minimum absolute atomic E-state index is 0.156. The van der Waals surface area contributed by atoms with Crippen LogP contribution >= 0.6 is 11.8 Å². The number of hydrogen-bond acceptors (Lipinski definition) is 9. The van der Waals surface area contributed by atoms with Gasteiger partial charge in [-0.05, 0) is 43.4 Å². The molecule has 2 aromatic rings. The van der Waals surface area contributed by atoms with Gasteiger partial charge in [-0.3, -0.25) is 9.53 Å². The predicted octanol–water partition coefficient (Wildman–Crippen LogP) is 3.80. The molecule has 2 heterocycles. The zero-order chi connectivity index (χ0) is 25.7. The summed E-state index contributed by atoms with van der Waals surface area (Å²) in [6.07, 6.45) is -7.17. The number of benzene rings is 1. The van der Waals surface area contributed by atoms with E-state index in [1.54, 1.807) is 6.26 Å². The van der Waals surface area contributed by atoms with E-state index in [1.807, 2.05) is 0 Å². The summed E-state index contributed by atoms with van der Waals surface area (Å²) >= 11 is 1.38. The van der Waals surface area contributed by atoms with Crippen LogP contribution in [-0.2, 0) is 4.74 Å². The lowest BCUT2D eigenvalue weighted by Gasteiger charge is -2.39. The molecule has 0 bridgehead atoms. The summed E-state index contributed by atoms with van der Waals surface area (Å²) in [6, 6.07) is 4.16. The summed E-state index contributed by atoms with van der Waals surface area (Å²) in [5.41, 5.74) is 0.156. The highest BCUT2D eigenvalue weighted by Gasteiger charge is 2.38. The quantitative estimate of drug-likeness (QED) is 0.284. The third-order valence-electron chi connectivity index (χ3n) is 4.85. The molecule has 2 N–H and O–H groups in total. The number of hydrogen-bond donors (Lipinski definition) is 2. The van der Waals surface area contributed by atoms with E-state index >= 15 is 0 Å². The van der Waals surface area contributed by atoms with Crippen LogP contribution in [0.4, 0.5) is 26.3 Å². The van der Waals surface area contributed by atoms with Crippen molar-refractivity contribution >= 4 is 17.7 Å². The molecule has 0 saturated carbocycles. The maximum Gasteiger partial charge on any atom is 0.573 e. The molecular weight excluding hydrogens is 510 g/mol. The van der Waals surface area contributed by atoms with Gasteiger partial charge in [0.15, 0.2) is 0 Å². The van der Waals surface area contributed by atoms with Crippen LogP contribution in [0.2, 0.25) is 0 Å². The summed E-state index contributed by atoms with van der Waals surface area (Å²) in [6.45, 7) is -0.890. The Morgan fingerprint density at radius 1 is 1.17 bits per heavy atom. The second-order valence-corrected chi connectivity index (χ2v) is 8.44. The van der Waals surface area contributed by atoms with Gasteiger partial charge in [-0.15, -0.1) is 43.2 Å². The predicted molar refractivity (Wildman–Crippen MR) is 109 cm³/mol. The van der Waals surface area contributed by atoms with E-state index in [-0.39, 0.29) is 30.1 Å². The molecule has 16 heteroatoms. The van der Waals surface area contributed by atoms with Crippen molar-refractivity contribution in [2.24, 2.45) is 0 Å². The summed E-state index contributed by atoms with van der Waals surface area (Å²) in [5, 5.41) is 13.5. The Balaban J connectivity index is 1.51. The Kier molecular flexibility index (Phi) is 8.38. The first-order chi connectivity index (χ1) is 16.4. The molecule has 0 aliphatic carbocycles. The SMILES string of the molecule is CS[C@@]1(NC(=O)c2ccc(OC(F)(F)F)cc2)CC[C@H](c2nnc(OCCOC(F)(F)F)o2)NC1. The van der Waals surface area contributed by atoms with Gasteiger partial charge in [0.1, 0.15) is 12.4 Å². The first-order valence-electron chi connectivity index (χ1n) is 10.0. The second-order valence-electron chi connectivity index (χ2n) is 7.25. The van der Waals surface area contributed by atoms with Gasteiger partial charge in [0.05, 0.1) is 17.5 Å². The maximum atomic E-state index is 12.7. The molecule has 0 radical (unpaired) electrons. The highest BCUT2D eigenvalue weighted by Crippen LogP contribution is 2.34. The normalized spacial score (nSPS) is 20.9. The molecule has 2 atom stereocenters. The zero-order valence-electron chi connectivity index (χ0n) is 18.0. The number of carbonyl (C=O) groups is 1. The summed E-state index contributed by atoms with van der Waals surface area (Å²) in [7, 11) is 0. The van der Waals surface area contributed by atoms with Crippen molar-refractivity contribution < 1.29 is 49.8 Å². The first-order valence-corrected chi connectivity index (χ1v) is 11.2. The molecule has 9 nitrogen and oxygen atoms in total. The second kappa shape index (κ2) is 10.9. The van der Waals surface area contributed by atoms with Crippen molar-refractivity contribution in [1.82, 2.24) is 20.8 Å². The summed E-state index contributed by atoms with van der Waals surface area (Å²) in [4.78, 5) is 11.9. The minimum atomic E-state index is -4.83. The Labute approximate surface area is 198 Å². The van der Waals surface area contributed by atoms with Crippen molar-refractivity contribution in [3.8, 4) is 11.8 Å². The maximum absolute atomic E-state index is 12.7. The number of alkyl halides is 6. The molecule has 0 spiro atoms. The van der Waals surface area contributed by atoms with Crippen LogP contribution in [-0.4, -0.2) is 59.7 Å². The molecule has 1 aliphatic rings. The number of nitrogens with zero attached hydrogens (tertiary/aromatic N) is 2. The fraction of sp³-hybridized carbons (Fsp3) is 0.526. The monoisotopic (exact) mass is 530 g/mol. The van der Waals surface area contributed by atoms with Crippen LogP contribution in [0.1, 0.15) is 35.1 Å². The lowest BCUT2D eigenvalue weighted by molar-refractivity contribution is -0.325. The molecule has 1 fully saturated rings. The van der Waals surface area contributed by atoms with Crippen molar-refractivity contribution in [3.05, 3.63) is 35.7 Å². The molecule has 1 aliphatic heterocycles. The fourth-order valence-electron chi connectivity index (χ4n) is 3.19. The Morgan fingerprint density at radius 2 is 1.89 bits per heavy atom. The van der Waals surface area contributed by atoms with E-state index in [4.69, 9.17) is 9.15 Å². The summed E-state index contributed by atoms with van der Waals surface area (Å²) < 4.78 is 90.4. The van der Waals surface area contributed by atoms with Crippen LogP contribution in [0.5, 0.6) is 11.8 Å². The molecule has 0 unspecified atom stereocenters. The molecule has 35 heavy (non-hydrogen) atoms. The van der Waals surface area contributed by atoms with Crippen molar-refractivity contribution in [2.75, 3.05) is 26.0 Å². The number of carbonyl (C=O) groups excluding carboxylic acids is 1. The standard InChI is InChI=1S/C19H20F6N4O5S/c1-35-17(27-14(30)11-2-4-12(5-3-11)34-19(23,24)25)7-6-13(26-10-17)15-28-29-16(33-15)31-8-9-32-18(20,21)22/h2-5,13,26H,6-10H2,1H3,(H,27,30)/t13-,17+/m1/s1. The van der Waals surface area contributed by atoms with Crippen molar-refractivity contribution in [3.63, 3.8) is 0 Å². The van der Waals surface area contributed by atoms with E-state index in [1.165, 1.54) is 23.9 Å². The van der Waals surface area contributed by atoms with E-state index in [0.717, 1.165) is 12.1 Å². The number of halogens is 6. The molecule has 1 amide bonds. The zero-order valence-corrected chi connectivity index (χ0v) is 18.9. The first kappa shape index (κ1) is 26.9. The molecular formula is C19H20F6N4O5S. The Morgan fingerprint density at radius 3 is 2.46 bits per heavy atom. The van der Waals surface area contributed by atoms with Gasteiger partial charge in [0, 0.05) is 12.1 Å². The fourth-order valence-corrected chi connectivity index (χ4v) is 3.94. The number of aromatic nitrogens is 2. The topological polar surface area (TPSA) is 108 Å². The third kappa shape index (κ3) is 8.17. The molecule has 1 aromatic carbocycles. The third-order valence-corrected chi connectivity index (χ3v) is 6.08. The van der Waals surface area contributed by atoms with Crippen LogP contribution in [0, 0.1) is 0 Å². The van der Waals surface area contributed by atoms with Gasteiger partial charge >= 0.3 is 18.8 Å². The number of ether oxygens (including phenoxy) is 3. The number of nitrogens with one attached hydrogen (secondary N) is 2. The smallest absolute Gasteiger partial charge is 0.447 e. The lowest BCUT2D eigenvalue weighted by Crippen LogP contribution is -2.55. The highest BCUT2D eigenvalue weighted by molar-refractivity contribution is 8.00. The van der Waals surface area contributed by atoms with Crippen LogP contribution in [0.3, 0.4) is 0 Å². The van der Waals surface area contributed by atoms with Crippen LogP contribution < -0.4 is 20.1 Å². The van der Waals surface area contributed by atoms with Crippen LogP contribution in [0.15, 0.2) is 28.7 Å². The number of amides is 1. The Bertz CT molecular complexity index is 977. The number of thioether (sulfide) groups is 1. The van der Waals surface area contributed by atoms with Crippen molar-refractivity contribution in [2.45, 2.75) is 36.5 Å². The van der Waals surface area contributed by atoms with E-state index < -0.39 is 42.5 Å². The lowest BCUT2D eigenvalue weighted by atomic mass is 9.99. The molecule has 3 rings (SSSR count). The molecule has 194 valence electrons. The Hall–Kier alpha value is -2.72. The average molecular weight is 530 g/mol. The van der Waals surface area contributed by atoms with E-state index in [9.17, 15) is 31.1 Å². The minimum Gasteiger partial charge on any atom is -0.447 e. The van der Waals surface area contributed by atoms with Crippen LogP contribution in [0.25, 0.3) is 0 Å². The van der Waals surface area contributed by atoms with Gasteiger partial charge in [0.25, 0.3) is 5.91 Å². The van der Waals surface area contributed by atoms with Crippen molar-refractivity contribution in [1.29, 1.82) is 0 Å². The number of piperidine rings is 1. The van der Waals surface area contributed by atoms with Gasteiger partial charge in [-0.1, -0.05) is 5.10 Å². The van der Waals surface area contributed by atoms with Gasteiger partial charge in [-0.2, -0.15) is 0 Å². The van der Waals surface area contributed by atoms with Gasteiger partial charge in [-0.25, -0.2) is 0 Å². The van der Waals surface area contributed by atoms with Gasteiger partial charge in [0.2, 0.25) is 5.89 Å². The summed E-state index contributed by atoms with van der Waals surface area (Å²) in [5.74, 6) is -0.752. The molecule has 1 aromatic heterocycles. The number of rotatable bonds is 9. The largest absolute Gasteiger partial charge is 0.573 e. The van der Waals surface area contributed by atoms with E-state index in [2.05, 4.69) is 30.3 Å². The highest BCUT2D eigenvalue weighted by atomic mass is 32.2. The van der Waals surface area contributed by atoms with Gasteiger partial charge < -0.3 is 24.5 Å². The average Bonchev–Trinajstić information content (AvgIpc) is 3.25. The molecule has 1 saturated heterocycles. The van der Waals surface area contributed by atoms with E-state index in [0.29, 0.717) is 12.8 Å².